The predicted molar refractivity (Wildman–Crippen MR) is 134 cm³/mol. The molecule has 1 aliphatic carbocycles. The average molecular weight is 419 g/mol. The number of halogens is 1. The number of fused-ring (bicyclic) bond motifs is 1. The van der Waals surface area contributed by atoms with Crippen molar-refractivity contribution in [1.29, 1.82) is 0 Å². The van der Waals surface area contributed by atoms with Crippen LogP contribution in [-0.4, -0.2) is 0 Å². The van der Waals surface area contributed by atoms with Gasteiger partial charge >= 0.3 is 0 Å². The third kappa shape index (κ3) is 5.03. The summed E-state index contributed by atoms with van der Waals surface area (Å²) in [4.78, 5) is 0. The van der Waals surface area contributed by atoms with E-state index in [2.05, 4.69) is 77.1 Å². The standard InChI is InChI=1S/C30H39F/c1-7-11-22(9-3)29-18-23(21(6)31)15-16-28(29)25-17-24(12-8-2)27-14-10-13-26(20(4)5)30(27)19-25/h10,12-18,20-22H,7-9,11,19H2,1-6H3/b24-12-. The zero-order valence-corrected chi connectivity index (χ0v) is 20.3. The molecule has 2 aromatic rings. The molecule has 0 radical (unpaired) electrons. The van der Waals surface area contributed by atoms with E-state index in [4.69, 9.17) is 0 Å². The van der Waals surface area contributed by atoms with Crippen LogP contribution in [0.4, 0.5) is 4.39 Å². The fourth-order valence-electron chi connectivity index (χ4n) is 5.07. The summed E-state index contributed by atoms with van der Waals surface area (Å²) in [6.07, 6.45) is 9.16. The average Bonchev–Trinajstić information content (AvgIpc) is 2.76. The lowest BCUT2D eigenvalue weighted by Gasteiger charge is -2.27. The van der Waals surface area contributed by atoms with Crippen LogP contribution in [0.2, 0.25) is 0 Å². The smallest absolute Gasteiger partial charge is 0.122 e. The Hall–Kier alpha value is -2.15. The van der Waals surface area contributed by atoms with Gasteiger partial charge in [0, 0.05) is 0 Å². The van der Waals surface area contributed by atoms with Gasteiger partial charge in [-0.15, -0.1) is 0 Å². The summed E-state index contributed by atoms with van der Waals surface area (Å²) in [5, 5.41) is 0. The van der Waals surface area contributed by atoms with Crippen molar-refractivity contribution in [3.05, 3.63) is 81.9 Å². The van der Waals surface area contributed by atoms with Crippen LogP contribution in [0.1, 0.15) is 119 Å². The van der Waals surface area contributed by atoms with Crippen LogP contribution in [0.3, 0.4) is 0 Å². The van der Waals surface area contributed by atoms with Gasteiger partial charge in [-0.1, -0.05) is 89.6 Å². The van der Waals surface area contributed by atoms with E-state index in [1.165, 1.54) is 39.0 Å². The minimum absolute atomic E-state index is 0.472. The Bertz CT molecular complexity index is 958. The molecular weight excluding hydrogens is 379 g/mol. The SMILES string of the molecule is CC/C=C1/C=C(c2ccc(C(C)F)cc2C(CC)CCC)Cc2c1cccc2C(C)C. The molecule has 0 heterocycles. The van der Waals surface area contributed by atoms with Crippen LogP contribution in [0.25, 0.3) is 11.1 Å². The highest BCUT2D eigenvalue weighted by atomic mass is 19.1. The summed E-state index contributed by atoms with van der Waals surface area (Å²) in [5.74, 6) is 0.967. The number of alkyl halides is 1. The van der Waals surface area contributed by atoms with Crippen molar-refractivity contribution in [1.82, 2.24) is 0 Å². The Balaban J connectivity index is 2.19. The van der Waals surface area contributed by atoms with Crippen molar-refractivity contribution in [2.45, 2.75) is 91.7 Å². The first-order chi connectivity index (χ1) is 14.9. The van der Waals surface area contributed by atoms with E-state index in [0.717, 1.165) is 37.7 Å². The first kappa shape index (κ1) is 23.5. The van der Waals surface area contributed by atoms with Crippen LogP contribution < -0.4 is 0 Å². The van der Waals surface area contributed by atoms with Crippen LogP contribution in [0, 0.1) is 0 Å². The van der Waals surface area contributed by atoms with Crippen LogP contribution in [0.15, 0.2) is 48.6 Å². The van der Waals surface area contributed by atoms with E-state index in [0.29, 0.717) is 11.8 Å². The van der Waals surface area contributed by atoms with E-state index in [-0.39, 0.29) is 0 Å². The van der Waals surface area contributed by atoms with Crippen LogP contribution in [-0.2, 0) is 6.42 Å². The largest absolute Gasteiger partial charge is 0.243 e. The highest BCUT2D eigenvalue weighted by Crippen LogP contribution is 2.41. The molecule has 0 nitrogen and oxygen atoms in total. The van der Waals surface area contributed by atoms with Gasteiger partial charge in [0.25, 0.3) is 0 Å². The zero-order valence-electron chi connectivity index (χ0n) is 20.3. The molecule has 166 valence electrons. The molecule has 0 aromatic heterocycles. The summed E-state index contributed by atoms with van der Waals surface area (Å²) < 4.78 is 14.2. The summed E-state index contributed by atoms with van der Waals surface area (Å²) in [7, 11) is 0. The van der Waals surface area contributed by atoms with Gasteiger partial charge in [0.15, 0.2) is 0 Å². The molecule has 0 bridgehead atoms. The first-order valence-corrected chi connectivity index (χ1v) is 12.2. The number of hydrogen-bond donors (Lipinski definition) is 0. The van der Waals surface area contributed by atoms with Crippen molar-refractivity contribution in [2.24, 2.45) is 0 Å². The highest BCUT2D eigenvalue weighted by molar-refractivity contribution is 5.91. The van der Waals surface area contributed by atoms with Gasteiger partial charge in [-0.2, -0.15) is 0 Å². The fourth-order valence-corrected chi connectivity index (χ4v) is 5.07. The summed E-state index contributed by atoms with van der Waals surface area (Å²) >= 11 is 0. The van der Waals surface area contributed by atoms with Crippen molar-refractivity contribution in [3.63, 3.8) is 0 Å². The molecule has 2 unspecified atom stereocenters. The molecule has 0 saturated heterocycles. The minimum Gasteiger partial charge on any atom is -0.243 e. The van der Waals surface area contributed by atoms with Crippen LogP contribution in [0.5, 0.6) is 0 Å². The molecule has 2 aromatic carbocycles. The molecule has 0 amide bonds. The number of hydrogen-bond acceptors (Lipinski definition) is 0. The van der Waals surface area contributed by atoms with E-state index >= 15 is 0 Å². The van der Waals surface area contributed by atoms with E-state index in [1.807, 2.05) is 6.07 Å². The second kappa shape index (κ2) is 10.4. The molecule has 0 N–H and O–H groups in total. The maximum Gasteiger partial charge on any atom is 0.122 e. The van der Waals surface area contributed by atoms with Crippen molar-refractivity contribution in [3.8, 4) is 0 Å². The van der Waals surface area contributed by atoms with Crippen molar-refractivity contribution in [2.75, 3.05) is 0 Å². The van der Waals surface area contributed by atoms with E-state index in [1.54, 1.807) is 6.92 Å². The molecule has 0 fully saturated rings. The summed E-state index contributed by atoms with van der Waals surface area (Å²) in [5.41, 5.74) is 10.5. The Morgan fingerprint density at radius 3 is 2.35 bits per heavy atom. The lowest BCUT2D eigenvalue weighted by Crippen LogP contribution is -2.10. The normalized spacial score (nSPS) is 16.9. The third-order valence-corrected chi connectivity index (χ3v) is 6.72. The predicted octanol–water partition coefficient (Wildman–Crippen LogP) is 9.57. The molecule has 3 rings (SSSR count). The number of allylic oxidation sites excluding steroid dienone is 4. The molecule has 0 aliphatic heterocycles. The number of benzene rings is 2. The summed E-state index contributed by atoms with van der Waals surface area (Å²) in [6.45, 7) is 12.9. The molecule has 2 atom stereocenters. The van der Waals surface area contributed by atoms with E-state index < -0.39 is 6.17 Å². The van der Waals surface area contributed by atoms with Gasteiger partial charge in [-0.25, -0.2) is 4.39 Å². The highest BCUT2D eigenvalue weighted by Gasteiger charge is 2.23. The Kier molecular flexibility index (Phi) is 7.92. The number of rotatable bonds is 8. The Morgan fingerprint density at radius 2 is 1.74 bits per heavy atom. The molecule has 1 heteroatoms. The fraction of sp³-hybridized carbons (Fsp3) is 0.467. The topological polar surface area (TPSA) is 0 Å². The van der Waals surface area contributed by atoms with E-state index in [9.17, 15) is 4.39 Å². The second-order valence-electron chi connectivity index (χ2n) is 9.30. The van der Waals surface area contributed by atoms with Crippen molar-refractivity contribution < 1.29 is 4.39 Å². The Labute approximate surface area is 189 Å². The second-order valence-corrected chi connectivity index (χ2v) is 9.30. The van der Waals surface area contributed by atoms with Gasteiger partial charge in [-0.05, 0) is 89.0 Å². The quantitative estimate of drug-likeness (QED) is 0.400. The van der Waals surface area contributed by atoms with Gasteiger partial charge < -0.3 is 0 Å². The molecule has 0 spiro atoms. The minimum atomic E-state index is -0.934. The molecule has 0 saturated carbocycles. The lowest BCUT2D eigenvalue weighted by molar-refractivity contribution is 0.373. The molecule has 31 heavy (non-hydrogen) atoms. The third-order valence-electron chi connectivity index (χ3n) is 6.72. The molecule has 1 aliphatic rings. The first-order valence-electron chi connectivity index (χ1n) is 12.2. The van der Waals surface area contributed by atoms with Gasteiger partial charge in [0.05, 0.1) is 0 Å². The zero-order chi connectivity index (χ0) is 22.5. The Morgan fingerprint density at radius 1 is 0.968 bits per heavy atom. The maximum absolute atomic E-state index is 14.2. The lowest BCUT2D eigenvalue weighted by atomic mass is 9.77. The van der Waals surface area contributed by atoms with Gasteiger partial charge in [0.1, 0.15) is 6.17 Å². The monoisotopic (exact) mass is 418 g/mol. The van der Waals surface area contributed by atoms with Crippen molar-refractivity contribution >= 4 is 11.1 Å². The molecular formula is C30H39F. The van der Waals surface area contributed by atoms with Gasteiger partial charge in [0.2, 0.25) is 0 Å². The van der Waals surface area contributed by atoms with Gasteiger partial charge in [-0.3, -0.25) is 0 Å². The maximum atomic E-state index is 14.2. The summed E-state index contributed by atoms with van der Waals surface area (Å²) in [6, 6.07) is 13.1. The van der Waals surface area contributed by atoms with Crippen LogP contribution >= 0.6 is 0 Å².